The SMILES string of the molecule is C=C(\C=C/C(=C\C)/N=N/c1c(CC)cc(-c2ccc(OC)cc2)cc1CC)OCCCCCCCCCC. The molecule has 0 heterocycles. The Balaban J connectivity index is 1.97. The fourth-order valence-electron chi connectivity index (χ4n) is 4.34. The van der Waals surface area contributed by atoms with Crippen molar-refractivity contribution in [1.29, 1.82) is 0 Å². The molecule has 0 aliphatic rings. The zero-order valence-corrected chi connectivity index (χ0v) is 24.4. The monoisotopic (exact) mass is 516 g/mol. The van der Waals surface area contributed by atoms with Crippen LogP contribution in [-0.2, 0) is 17.6 Å². The second kappa shape index (κ2) is 18.2. The van der Waals surface area contributed by atoms with Crippen molar-refractivity contribution in [2.24, 2.45) is 10.2 Å². The molecule has 0 N–H and O–H groups in total. The molecule has 2 aromatic carbocycles. The van der Waals surface area contributed by atoms with Gasteiger partial charge >= 0.3 is 0 Å². The first kappa shape index (κ1) is 31.1. The van der Waals surface area contributed by atoms with Crippen molar-refractivity contribution in [1.82, 2.24) is 0 Å². The molecule has 4 nitrogen and oxygen atoms in total. The van der Waals surface area contributed by atoms with E-state index in [1.165, 1.54) is 67.2 Å². The van der Waals surface area contributed by atoms with Crippen LogP contribution in [0, 0.1) is 0 Å². The lowest BCUT2D eigenvalue weighted by molar-refractivity contribution is 0.218. The lowest BCUT2D eigenvalue weighted by Gasteiger charge is -2.12. The first-order valence-corrected chi connectivity index (χ1v) is 14.4. The number of methoxy groups -OCH3 is 1. The molecule has 38 heavy (non-hydrogen) atoms. The molecule has 0 spiro atoms. The summed E-state index contributed by atoms with van der Waals surface area (Å²) < 4.78 is 11.1. The van der Waals surface area contributed by atoms with Crippen molar-refractivity contribution in [3.05, 3.63) is 83.8 Å². The third kappa shape index (κ3) is 10.7. The van der Waals surface area contributed by atoms with Crippen LogP contribution in [0.3, 0.4) is 0 Å². The average Bonchev–Trinajstić information content (AvgIpc) is 2.96. The summed E-state index contributed by atoms with van der Waals surface area (Å²) in [6, 6.07) is 12.6. The van der Waals surface area contributed by atoms with Crippen molar-refractivity contribution < 1.29 is 9.47 Å². The maximum absolute atomic E-state index is 5.80. The summed E-state index contributed by atoms with van der Waals surface area (Å²) in [5, 5.41) is 9.26. The van der Waals surface area contributed by atoms with E-state index >= 15 is 0 Å². The molecule has 0 saturated heterocycles. The Morgan fingerprint density at radius 3 is 1.97 bits per heavy atom. The van der Waals surface area contributed by atoms with Crippen LogP contribution in [0.2, 0.25) is 0 Å². The maximum atomic E-state index is 5.80. The van der Waals surface area contributed by atoms with Crippen LogP contribution in [-0.4, -0.2) is 13.7 Å². The number of hydrogen-bond acceptors (Lipinski definition) is 4. The van der Waals surface area contributed by atoms with Gasteiger partial charge in [0.15, 0.2) is 0 Å². The van der Waals surface area contributed by atoms with Crippen molar-refractivity contribution in [2.45, 2.75) is 91.9 Å². The van der Waals surface area contributed by atoms with E-state index in [2.05, 4.69) is 56.7 Å². The molecule has 0 aliphatic carbocycles. The molecular weight excluding hydrogens is 468 g/mol. The number of allylic oxidation sites excluding steroid dienone is 3. The molecular formula is C34H48N2O2. The highest BCUT2D eigenvalue weighted by Crippen LogP contribution is 2.33. The van der Waals surface area contributed by atoms with Crippen LogP contribution in [0.15, 0.2) is 82.9 Å². The van der Waals surface area contributed by atoms with Gasteiger partial charge < -0.3 is 9.47 Å². The van der Waals surface area contributed by atoms with Crippen LogP contribution in [0.1, 0.15) is 90.2 Å². The summed E-state index contributed by atoms with van der Waals surface area (Å²) in [6.07, 6.45) is 17.8. The predicted octanol–water partition coefficient (Wildman–Crippen LogP) is 10.7. The fraction of sp³-hybridized carbons (Fsp3) is 0.471. The molecule has 0 atom stereocenters. The topological polar surface area (TPSA) is 43.2 Å². The normalized spacial score (nSPS) is 12.0. The molecule has 0 unspecified atom stereocenters. The summed E-state index contributed by atoms with van der Waals surface area (Å²) in [6.45, 7) is 13.3. The van der Waals surface area contributed by atoms with Crippen LogP contribution in [0.5, 0.6) is 5.75 Å². The lowest BCUT2D eigenvalue weighted by Crippen LogP contribution is -1.93. The van der Waals surface area contributed by atoms with Gasteiger partial charge in [-0.05, 0) is 84.9 Å². The summed E-state index contributed by atoms with van der Waals surface area (Å²) in [5.41, 5.74) is 6.49. The highest BCUT2D eigenvalue weighted by Gasteiger charge is 2.10. The Morgan fingerprint density at radius 1 is 0.816 bits per heavy atom. The van der Waals surface area contributed by atoms with Gasteiger partial charge in [0.05, 0.1) is 25.1 Å². The molecule has 2 aromatic rings. The first-order valence-electron chi connectivity index (χ1n) is 14.4. The molecule has 0 aliphatic heterocycles. The van der Waals surface area contributed by atoms with E-state index in [0.29, 0.717) is 12.4 Å². The van der Waals surface area contributed by atoms with Gasteiger partial charge in [-0.2, -0.15) is 5.11 Å². The number of hydrogen-bond donors (Lipinski definition) is 0. The van der Waals surface area contributed by atoms with Gasteiger partial charge in [-0.1, -0.05) is 90.5 Å². The number of nitrogens with zero attached hydrogens (tertiary/aromatic N) is 2. The van der Waals surface area contributed by atoms with E-state index in [4.69, 9.17) is 14.6 Å². The molecule has 0 amide bonds. The second-order valence-corrected chi connectivity index (χ2v) is 9.62. The van der Waals surface area contributed by atoms with Gasteiger partial charge in [-0.25, -0.2) is 0 Å². The van der Waals surface area contributed by atoms with Gasteiger partial charge in [-0.3, -0.25) is 0 Å². The van der Waals surface area contributed by atoms with Gasteiger partial charge in [0.1, 0.15) is 11.5 Å². The minimum absolute atomic E-state index is 0.662. The first-order chi connectivity index (χ1) is 18.6. The predicted molar refractivity (Wildman–Crippen MR) is 162 cm³/mol. The van der Waals surface area contributed by atoms with E-state index < -0.39 is 0 Å². The number of benzene rings is 2. The minimum atomic E-state index is 0.662. The van der Waals surface area contributed by atoms with Crippen molar-refractivity contribution in [2.75, 3.05) is 13.7 Å². The summed E-state index contributed by atoms with van der Waals surface area (Å²) >= 11 is 0. The van der Waals surface area contributed by atoms with E-state index in [0.717, 1.165) is 36.4 Å². The zero-order chi connectivity index (χ0) is 27.6. The number of unbranched alkanes of at least 4 members (excludes halogenated alkanes) is 7. The third-order valence-corrected chi connectivity index (χ3v) is 6.74. The van der Waals surface area contributed by atoms with Gasteiger partial charge in [0.2, 0.25) is 0 Å². The Labute approximate surface area is 231 Å². The number of aryl methyl sites for hydroxylation is 2. The van der Waals surface area contributed by atoms with E-state index in [1.807, 2.05) is 37.3 Å². The quantitative estimate of drug-likeness (QED) is 0.0855. The Kier molecular flexibility index (Phi) is 14.9. The summed E-state index contributed by atoms with van der Waals surface area (Å²) in [5.74, 6) is 1.52. The van der Waals surface area contributed by atoms with Crippen LogP contribution in [0.25, 0.3) is 11.1 Å². The van der Waals surface area contributed by atoms with Gasteiger partial charge in [0, 0.05) is 0 Å². The highest BCUT2D eigenvalue weighted by atomic mass is 16.5. The van der Waals surface area contributed by atoms with Gasteiger partial charge in [-0.15, -0.1) is 5.11 Å². The van der Waals surface area contributed by atoms with Gasteiger partial charge in [0.25, 0.3) is 0 Å². The maximum Gasteiger partial charge on any atom is 0.118 e. The molecule has 2 rings (SSSR count). The number of ether oxygens (including phenoxy) is 2. The smallest absolute Gasteiger partial charge is 0.118 e. The van der Waals surface area contributed by atoms with E-state index in [1.54, 1.807) is 7.11 Å². The van der Waals surface area contributed by atoms with E-state index in [9.17, 15) is 0 Å². The molecule has 0 bridgehead atoms. The Bertz CT molecular complexity index is 1040. The second-order valence-electron chi connectivity index (χ2n) is 9.62. The Morgan fingerprint density at radius 2 is 1.42 bits per heavy atom. The third-order valence-electron chi connectivity index (χ3n) is 6.74. The van der Waals surface area contributed by atoms with Crippen LogP contribution >= 0.6 is 0 Å². The average molecular weight is 517 g/mol. The molecule has 0 saturated carbocycles. The van der Waals surface area contributed by atoms with Crippen molar-refractivity contribution >= 4 is 5.69 Å². The summed E-state index contributed by atoms with van der Waals surface area (Å²) in [4.78, 5) is 0. The standard InChI is InChI=1S/C34H48N2O2/c1-7-11-12-13-14-15-16-17-24-38-27(5)18-21-32(10-4)35-36-34-28(8-2)25-31(26-29(34)9-3)30-19-22-33(37-6)23-20-30/h10,18-23,25-26H,5,7-9,11-17,24H2,1-4,6H3/b21-18-,32-10+,36-35+. The Hall–Kier alpha value is -3.14. The zero-order valence-electron chi connectivity index (χ0n) is 24.4. The van der Waals surface area contributed by atoms with Crippen molar-refractivity contribution in [3.8, 4) is 16.9 Å². The van der Waals surface area contributed by atoms with Crippen LogP contribution < -0.4 is 4.74 Å². The number of rotatable bonds is 18. The van der Waals surface area contributed by atoms with Crippen LogP contribution in [0.4, 0.5) is 5.69 Å². The highest BCUT2D eigenvalue weighted by molar-refractivity contribution is 5.70. The molecule has 0 fully saturated rings. The van der Waals surface area contributed by atoms with Crippen molar-refractivity contribution in [3.63, 3.8) is 0 Å². The summed E-state index contributed by atoms with van der Waals surface area (Å²) in [7, 11) is 1.69. The fourth-order valence-corrected chi connectivity index (χ4v) is 4.34. The molecule has 206 valence electrons. The minimum Gasteiger partial charge on any atom is -0.497 e. The molecule has 0 radical (unpaired) electrons. The largest absolute Gasteiger partial charge is 0.497 e. The lowest BCUT2D eigenvalue weighted by atomic mass is 9.95. The van der Waals surface area contributed by atoms with E-state index in [-0.39, 0.29) is 0 Å². The molecule has 4 heteroatoms. The molecule has 0 aromatic heterocycles. The number of azo groups is 1.